The molecule has 0 aromatic rings. The fourth-order valence-electron chi connectivity index (χ4n) is 7.56. The summed E-state index contributed by atoms with van der Waals surface area (Å²) in [5.41, 5.74) is 0. The molecule has 0 aliphatic rings. The van der Waals surface area contributed by atoms with E-state index in [0.29, 0.717) is 19.3 Å². The molecule has 0 fully saturated rings. The lowest BCUT2D eigenvalue weighted by Gasteiger charge is -2.18. The highest BCUT2D eigenvalue weighted by molar-refractivity contribution is 5.71. The molecule has 0 aliphatic carbocycles. The molecular formula is C58H102O6. The first-order valence-corrected chi connectivity index (χ1v) is 27.3. The minimum atomic E-state index is -0.788. The SMILES string of the molecule is CCCCC/C=C\C/C=C\C/C=C\CCCCCCC(=O)OC[C@@H](COC(=O)CCCCCCC/C=C\CCCCC)OC(=O)CCCCCCCCC/C=C\CCCCCCCC. The number of unbranched alkanes of at least 4 members (excludes halogenated alkanes) is 28. The van der Waals surface area contributed by atoms with E-state index in [-0.39, 0.29) is 31.1 Å². The monoisotopic (exact) mass is 895 g/mol. The average Bonchev–Trinajstić information content (AvgIpc) is 3.29. The van der Waals surface area contributed by atoms with Gasteiger partial charge in [-0.15, -0.1) is 0 Å². The summed E-state index contributed by atoms with van der Waals surface area (Å²) in [6, 6.07) is 0. The lowest BCUT2D eigenvalue weighted by atomic mass is 10.1. The molecule has 6 heteroatoms. The molecule has 0 saturated heterocycles. The van der Waals surface area contributed by atoms with Crippen LogP contribution in [-0.4, -0.2) is 37.2 Å². The second-order valence-electron chi connectivity index (χ2n) is 18.1. The van der Waals surface area contributed by atoms with Gasteiger partial charge in [0.2, 0.25) is 0 Å². The third kappa shape index (κ3) is 50.1. The van der Waals surface area contributed by atoms with Crippen molar-refractivity contribution in [1.82, 2.24) is 0 Å². The van der Waals surface area contributed by atoms with Crippen LogP contribution in [0.3, 0.4) is 0 Å². The second kappa shape index (κ2) is 52.7. The number of esters is 3. The van der Waals surface area contributed by atoms with Gasteiger partial charge in [0.05, 0.1) is 0 Å². The molecule has 370 valence electrons. The number of hydrogen-bond donors (Lipinski definition) is 0. The van der Waals surface area contributed by atoms with Crippen LogP contribution in [0, 0.1) is 0 Å². The fourth-order valence-corrected chi connectivity index (χ4v) is 7.56. The first-order chi connectivity index (χ1) is 31.5. The summed E-state index contributed by atoms with van der Waals surface area (Å²) in [5, 5.41) is 0. The van der Waals surface area contributed by atoms with Crippen LogP contribution in [0.15, 0.2) is 60.8 Å². The minimum Gasteiger partial charge on any atom is -0.462 e. The number of ether oxygens (including phenoxy) is 3. The normalized spacial score (nSPS) is 12.5. The smallest absolute Gasteiger partial charge is 0.306 e. The molecule has 0 aliphatic heterocycles. The highest BCUT2D eigenvalue weighted by Gasteiger charge is 2.19. The highest BCUT2D eigenvalue weighted by atomic mass is 16.6. The van der Waals surface area contributed by atoms with E-state index >= 15 is 0 Å². The van der Waals surface area contributed by atoms with E-state index in [9.17, 15) is 14.4 Å². The first kappa shape index (κ1) is 61.1. The van der Waals surface area contributed by atoms with Gasteiger partial charge in [-0.1, -0.05) is 204 Å². The summed E-state index contributed by atoms with van der Waals surface area (Å²) in [4.78, 5) is 38.0. The summed E-state index contributed by atoms with van der Waals surface area (Å²) in [7, 11) is 0. The lowest BCUT2D eigenvalue weighted by molar-refractivity contribution is -0.167. The third-order valence-electron chi connectivity index (χ3n) is 11.7. The molecule has 0 radical (unpaired) electrons. The van der Waals surface area contributed by atoms with Crippen LogP contribution >= 0.6 is 0 Å². The van der Waals surface area contributed by atoms with Crippen molar-refractivity contribution in [3.63, 3.8) is 0 Å². The molecule has 6 nitrogen and oxygen atoms in total. The van der Waals surface area contributed by atoms with Crippen molar-refractivity contribution in [1.29, 1.82) is 0 Å². The van der Waals surface area contributed by atoms with Gasteiger partial charge in [-0.2, -0.15) is 0 Å². The van der Waals surface area contributed by atoms with Crippen LogP contribution in [-0.2, 0) is 28.6 Å². The fraction of sp³-hybridized carbons (Fsp3) is 0.776. The molecule has 0 bridgehead atoms. The Morgan fingerprint density at radius 1 is 0.312 bits per heavy atom. The number of allylic oxidation sites excluding steroid dienone is 10. The predicted molar refractivity (Wildman–Crippen MR) is 275 cm³/mol. The third-order valence-corrected chi connectivity index (χ3v) is 11.7. The number of carbonyl (C=O) groups excluding carboxylic acids is 3. The molecule has 0 spiro atoms. The van der Waals surface area contributed by atoms with Crippen molar-refractivity contribution in [3.05, 3.63) is 60.8 Å². The Morgan fingerprint density at radius 2 is 0.562 bits per heavy atom. The van der Waals surface area contributed by atoms with Gasteiger partial charge in [0.25, 0.3) is 0 Å². The van der Waals surface area contributed by atoms with Crippen LogP contribution in [0.25, 0.3) is 0 Å². The maximum Gasteiger partial charge on any atom is 0.306 e. The van der Waals surface area contributed by atoms with E-state index in [2.05, 4.69) is 81.5 Å². The summed E-state index contributed by atoms with van der Waals surface area (Å²) >= 11 is 0. The predicted octanol–water partition coefficient (Wildman–Crippen LogP) is 18.0. The molecule has 0 N–H and O–H groups in total. The first-order valence-electron chi connectivity index (χ1n) is 27.3. The standard InChI is InChI=1S/C58H102O6/c1-4-7-10-13-16-19-22-25-27-29-31-33-36-39-42-45-48-51-57(60)63-54-55(53-62-56(59)50-47-44-41-38-35-24-21-18-15-12-9-6-3)64-58(61)52-49-46-43-40-37-34-32-30-28-26-23-20-17-14-11-8-5-2/h16,18-19,21,25-28,31,33,55H,4-15,17,20,22-24,29-30,32,34-54H2,1-3H3/b19-16-,21-18-,27-25-,28-26-,33-31-/t55-/m1/s1. The van der Waals surface area contributed by atoms with E-state index in [4.69, 9.17) is 14.2 Å². The molecule has 0 aromatic heterocycles. The van der Waals surface area contributed by atoms with E-state index < -0.39 is 6.10 Å². The number of hydrogen-bond acceptors (Lipinski definition) is 6. The highest BCUT2D eigenvalue weighted by Crippen LogP contribution is 2.14. The van der Waals surface area contributed by atoms with Crippen molar-refractivity contribution in [2.45, 2.75) is 277 Å². The Labute approximate surface area is 396 Å². The van der Waals surface area contributed by atoms with E-state index in [1.54, 1.807) is 0 Å². The van der Waals surface area contributed by atoms with Crippen LogP contribution in [0.1, 0.15) is 271 Å². The summed E-state index contributed by atoms with van der Waals surface area (Å²) in [5.74, 6) is -0.916. The molecule has 0 amide bonds. The second-order valence-corrected chi connectivity index (χ2v) is 18.1. The molecule has 0 unspecified atom stereocenters. The van der Waals surface area contributed by atoms with Gasteiger partial charge in [0.15, 0.2) is 6.10 Å². The molecule has 64 heavy (non-hydrogen) atoms. The van der Waals surface area contributed by atoms with Crippen LogP contribution in [0.2, 0.25) is 0 Å². The van der Waals surface area contributed by atoms with Gasteiger partial charge in [-0.3, -0.25) is 14.4 Å². The molecule has 1 atom stereocenters. The maximum absolute atomic E-state index is 12.8. The Morgan fingerprint density at radius 3 is 0.922 bits per heavy atom. The van der Waals surface area contributed by atoms with Crippen molar-refractivity contribution >= 4 is 17.9 Å². The average molecular weight is 895 g/mol. The van der Waals surface area contributed by atoms with Crippen molar-refractivity contribution in [2.24, 2.45) is 0 Å². The summed E-state index contributed by atoms with van der Waals surface area (Å²) < 4.78 is 16.8. The van der Waals surface area contributed by atoms with Crippen molar-refractivity contribution < 1.29 is 28.6 Å². The molecule has 0 heterocycles. The van der Waals surface area contributed by atoms with Crippen LogP contribution in [0.4, 0.5) is 0 Å². The Kier molecular flexibility index (Phi) is 50.4. The zero-order chi connectivity index (χ0) is 46.5. The van der Waals surface area contributed by atoms with E-state index in [1.807, 2.05) is 0 Å². The van der Waals surface area contributed by atoms with Gasteiger partial charge in [-0.25, -0.2) is 0 Å². The summed E-state index contributed by atoms with van der Waals surface area (Å²) in [6.45, 7) is 6.56. The molecule has 0 aromatic carbocycles. The summed E-state index contributed by atoms with van der Waals surface area (Å²) in [6.07, 6.45) is 64.9. The zero-order valence-corrected chi connectivity index (χ0v) is 42.3. The van der Waals surface area contributed by atoms with Crippen LogP contribution in [0.5, 0.6) is 0 Å². The van der Waals surface area contributed by atoms with Gasteiger partial charge in [-0.05, 0) is 109 Å². The number of carbonyl (C=O) groups is 3. The molecule has 0 rings (SSSR count). The van der Waals surface area contributed by atoms with Gasteiger partial charge >= 0.3 is 17.9 Å². The largest absolute Gasteiger partial charge is 0.462 e. The van der Waals surface area contributed by atoms with E-state index in [0.717, 1.165) is 89.9 Å². The number of rotatable bonds is 49. The van der Waals surface area contributed by atoms with Crippen molar-refractivity contribution in [3.8, 4) is 0 Å². The van der Waals surface area contributed by atoms with Crippen molar-refractivity contribution in [2.75, 3.05) is 13.2 Å². The topological polar surface area (TPSA) is 78.9 Å². The Balaban J connectivity index is 4.41. The Bertz CT molecular complexity index is 1170. The van der Waals surface area contributed by atoms with Crippen LogP contribution < -0.4 is 0 Å². The molecule has 0 saturated carbocycles. The quantitative estimate of drug-likeness (QED) is 0.0262. The lowest BCUT2D eigenvalue weighted by Crippen LogP contribution is -2.30. The van der Waals surface area contributed by atoms with Gasteiger partial charge in [0.1, 0.15) is 13.2 Å². The minimum absolute atomic E-state index is 0.0871. The van der Waals surface area contributed by atoms with Gasteiger partial charge in [0, 0.05) is 19.3 Å². The molecular weight excluding hydrogens is 793 g/mol. The maximum atomic E-state index is 12.8. The van der Waals surface area contributed by atoms with E-state index in [1.165, 1.54) is 141 Å². The Hall–Kier alpha value is -2.89. The van der Waals surface area contributed by atoms with Gasteiger partial charge < -0.3 is 14.2 Å². The zero-order valence-electron chi connectivity index (χ0n) is 42.3.